The van der Waals surface area contributed by atoms with Crippen molar-refractivity contribution in [3.05, 3.63) is 45.7 Å². The molecule has 4 nitrogen and oxygen atoms in total. The first-order valence-corrected chi connectivity index (χ1v) is 9.02. The van der Waals surface area contributed by atoms with E-state index in [2.05, 4.69) is 20.7 Å². The molecule has 20 heavy (non-hydrogen) atoms. The van der Waals surface area contributed by atoms with Gasteiger partial charge in [-0.2, -0.15) is 0 Å². The largest absolute Gasteiger partial charge is 0.491 e. The third-order valence-corrected chi connectivity index (χ3v) is 6.08. The highest BCUT2D eigenvalue weighted by Crippen LogP contribution is 2.23. The van der Waals surface area contributed by atoms with Crippen molar-refractivity contribution in [2.75, 3.05) is 13.2 Å². The van der Waals surface area contributed by atoms with Gasteiger partial charge in [0.2, 0.25) is 10.0 Å². The predicted molar refractivity (Wildman–Crippen MR) is 83.9 cm³/mol. The normalized spacial score (nSPS) is 11.5. The number of benzene rings is 1. The molecule has 1 heterocycles. The zero-order valence-corrected chi connectivity index (χ0v) is 14.0. The minimum atomic E-state index is -3.43. The Labute approximate surface area is 131 Å². The second-order valence-electron chi connectivity index (χ2n) is 4.04. The SMILES string of the molecule is Cc1ccc(S(=O)(=O)NCCOc2ccccc2Br)s1. The highest BCUT2D eigenvalue weighted by molar-refractivity contribution is 9.10. The van der Waals surface area contributed by atoms with Crippen molar-refractivity contribution in [1.82, 2.24) is 4.72 Å². The molecular formula is C13H14BrNO3S2. The molecule has 0 fully saturated rings. The Kier molecular flexibility index (Phi) is 5.20. The van der Waals surface area contributed by atoms with Crippen molar-refractivity contribution in [3.63, 3.8) is 0 Å². The Hall–Kier alpha value is -0.890. The number of hydrogen-bond acceptors (Lipinski definition) is 4. The van der Waals surface area contributed by atoms with E-state index in [0.717, 1.165) is 9.35 Å². The second kappa shape index (κ2) is 6.71. The van der Waals surface area contributed by atoms with Gasteiger partial charge in [0.1, 0.15) is 16.6 Å². The Bertz CT molecular complexity index is 682. The van der Waals surface area contributed by atoms with Crippen molar-refractivity contribution < 1.29 is 13.2 Å². The smallest absolute Gasteiger partial charge is 0.250 e. The summed E-state index contributed by atoms with van der Waals surface area (Å²) in [5, 5.41) is 0. The minimum Gasteiger partial charge on any atom is -0.491 e. The Morgan fingerprint density at radius 3 is 2.65 bits per heavy atom. The third-order valence-electron chi connectivity index (χ3n) is 2.47. The van der Waals surface area contributed by atoms with Crippen LogP contribution in [0.5, 0.6) is 5.75 Å². The summed E-state index contributed by atoms with van der Waals surface area (Å²) in [6.07, 6.45) is 0. The zero-order valence-electron chi connectivity index (χ0n) is 10.8. The number of halogens is 1. The molecule has 0 bridgehead atoms. The first-order chi connectivity index (χ1) is 9.49. The molecule has 2 rings (SSSR count). The van der Waals surface area contributed by atoms with Crippen LogP contribution in [-0.2, 0) is 10.0 Å². The molecule has 1 aromatic heterocycles. The van der Waals surface area contributed by atoms with Crippen LogP contribution in [0.4, 0.5) is 0 Å². The number of rotatable bonds is 6. The average molecular weight is 376 g/mol. The summed E-state index contributed by atoms with van der Waals surface area (Å²) < 4.78 is 33.1. The Balaban J connectivity index is 1.86. The molecule has 0 saturated carbocycles. The fraction of sp³-hybridized carbons (Fsp3) is 0.231. The van der Waals surface area contributed by atoms with E-state index in [0.29, 0.717) is 9.96 Å². The quantitative estimate of drug-likeness (QED) is 0.788. The standard InChI is InChI=1S/C13H14BrNO3S2/c1-10-6-7-13(19-10)20(16,17)15-8-9-18-12-5-3-2-4-11(12)14/h2-7,15H,8-9H2,1H3. The van der Waals surface area contributed by atoms with Gasteiger partial charge in [-0.15, -0.1) is 11.3 Å². The van der Waals surface area contributed by atoms with Gasteiger partial charge in [-0.3, -0.25) is 0 Å². The van der Waals surface area contributed by atoms with E-state index in [1.54, 1.807) is 12.1 Å². The van der Waals surface area contributed by atoms with Gasteiger partial charge in [0.05, 0.1) is 4.47 Å². The molecule has 0 atom stereocenters. The lowest BCUT2D eigenvalue weighted by Crippen LogP contribution is -2.27. The predicted octanol–water partition coefficient (Wildman–Crippen LogP) is 3.18. The summed E-state index contributed by atoms with van der Waals surface area (Å²) in [5.41, 5.74) is 0. The lowest BCUT2D eigenvalue weighted by atomic mass is 10.3. The van der Waals surface area contributed by atoms with E-state index in [-0.39, 0.29) is 13.2 Å². The van der Waals surface area contributed by atoms with Crippen molar-refractivity contribution in [2.24, 2.45) is 0 Å². The van der Waals surface area contributed by atoms with Crippen LogP contribution >= 0.6 is 27.3 Å². The van der Waals surface area contributed by atoms with Crippen molar-refractivity contribution >= 4 is 37.3 Å². The van der Waals surface area contributed by atoms with E-state index >= 15 is 0 Å². The van der Waals surface area contributed by atoms with Crippen LogP contribution in [0.15, 0.2) is 45.1 Å². The molecule has 108 valence electrons. The Morgan fingerprint density at radius 2 is 2.00 bits per heavy atom. The number of para-hydroxylation sites is 1. The van der Waals surface area contributed by atoms with Gasteiger partial charge in [0.15, 0.2) is 0 Å². The highest BCUT2D eigenvalue weighted by Gasteiger charge is 2.15. The van der Waals surface area contributed by atoms with Crippen LogP contribution in [0.25, 0.3) is 0 Å². The van der Waals surface area contributed by atoms with Crippen LogP contribution < -0.4 is 9.46 Å². The first-order valence-electron chi connectivity index (χ1n) is 5.92. The summed E-state index contributed by atoms with van der Waals surface area (Å²) >= 11 is 4.62. The zero-order chi connectivity index (χ0) is 14.6. The van der Waals surface area contributed by atoms with Gasteiger partial charge < -0.3 is 4.74 Å². The highest BCUT2D eigenvalue weighted by atomic mass is 79.9. The molecule has 0 amide bonds. The fourth-order valence-corrected chi connectivity index (χ4v) is 4.27. The number of aryl methyl sites for hydroxylation is 1. The van der Waals surface area contributed by atoms with Crippen LogP contribution in [-0.4, -0.2) is 21.6 Å². The molecule has 0 saturated heterocycles. The lowest BCUT2D eigenvalue weighted by Gasteiger charge is -2.08. The summed E-state index contributed by atoms with van der Waals surface area (Å²) in [4.78, 5) is 0.967. The number of thiophene rings is 1. The van der Waals surface area contributed by atoms with Gasteiger partial charge in [-0.1, -0.05) is 12.1 Å². The maximum atomic E-state index is 12.0. The summed E-state index contributed by atoms with van der Waals surface area (Å²) in [6, 6.07) is 10.8. The monoisotopic (exact) mass is 375 g/mol. The molecule has 7 heteroatoms. The molecule has 2 aromatic rings. The van der Waals surface area contributed by atoms with E-state index in [1.807, 2.05) is 31.2 Å². The van der Waals surface area contributed by atoms with Crippen LogP contribution in [0.3, 0.4) is 0 Å². The molecule has 0 spiro atoms. The van der Waals surface area contributed by atoms with E-state index in [9.17, 15) is 8.42 Å². The van der Waals surface area contributed by atoms with E-state index in [1.165, 1.54) is 11.3 Å². The lowest BCUT2D eigenvalue weighted by molar-refractivity contribution is 0.321. The van der Waals surface area contributed by atoms with E-state index < -0.39 is 10.0 Å². The molecule has 0 aliphatic rings. The summed E-state index contributed by atoms with van der Waals surface area (Å²) in [7, 11) is -3.43. The van der Waals surface area contributed by atoms with Gasteiger partial charge in [0, 0.05) is 11.4 Å². The van der Waals surface area contributed by atoms with Crippen molar-refractivity contribution in [3.8, 4) is 5.75 Å². The molecule has 1 N–H and O–H groups in total. The Morgan fingerprint density at radius 1 is 1.25 bits per heavy atom. The topological polar surface area (TPSA) is 55.4 Å². The number of ether oxygens (including phenoxy) is 1. The van der Waals surface area contributed by atoms with Crippen molar-refractivity contribution in [1.29, 1.82) is 0 Å². The molecule has 1 aromatic carbocycles. The summed E-state index contributed by atoms with van der Waals surface area (Å²) in [6.45, 7) is 2.37. The maximum absolute atomic E-state index is 12.0. The molecule has 0 aliphatic carbocycles. The molecule has 0 unspecified atom stereocenters. The molecule has 0 radical (unpaired) electrons. The fourth-order valence-electron chi connectivity index (χ4n) is 1.53. The first kappa shape index (κ1) is 15.5. The van der Waals surface area contributed by atoms with Gasteiger partial charge in [0.25, 0.3) is 0 Å². The molecular weight excluding hydrogens is 362 g/mol. The third kappa shape index (κ3) is 4.05. The maximum Gasteiger partial charge on any atom is 0.250 e. The minimum absolute atomic E-state index is 0.223. The van der Waals surface area contributed by atoms with E-state index in [4.69, 9.17) is 4.74 Å². The molecule has 0 aliphatic heterocycles. The number of nitrogens with one attached hydrogen (secondary N) is 1. The number of sulfonamides is 1. The van der Waals surface area contributed by atoms with Crippen LogP contribution in [0, 0.1) is 6.92 Å². The van der Waals surface area contributed by atoms with Crippen molar-refractivity contribution in [2.45, 2.75) is 11.1 Å². The summed E-state index contributed by atoms with van der Waals surface area (Å²) in [5.74, 6) is 0.693. The van der Waals surface area contributed by atoms with Crippen LogP contribution in [0.2, 0.25) is 0 Å². The van der Waals surface area contributed by atoms with Crippen LogP contribution in [0.1, 0.15) is 4.88 Å². The van der Waals surface area contributed by atoms with Gasteiger partial charge in [-0.05, 0) is 47.1 Å². The van der Waals surface area contributed by atoms with Gasteiger partial charge in [-0.25, -0.2) is 13.1 Å². The number of hydrogen-bond donors (Lipinski definition) is 1. The van der Waals surface area contributed by atoms with Gasteiger partial charge >= 0.3 is 0 Å². The second-order valence-corrected chi connectivity index (χ2v) is 8.18. The average Bonchev–Trinajstić information content (AvgIpc) is 2.84.